The van der Waals surface area contributed by atoms with Crippen LogP contribution in [0.15, 0.2) is 18.2 Å². The largest absolute Gasteiger partial charge is 0.328 e. The van der Waals surface area contributed by atoms with Gasteiger partial charge >= 0.3 is 0 Å². The Labute approximate surface area is 113 Å². The Hall–Kier alpha value is -0.820. The van der Waals surface area contributed by atoms with Crippen molar-refractivity contribution in [2.24, 2.45) is 5.73 Å². The van der Waals surface area contributed by atoms with Crippen molar-refractivity contribution in [2.45, 2.75) is 71.8 Å². The van der Waals surface area contributed by atoms with E-state index in [1.54, 1.807) is 0 Å². The topological polar surface area (TPSA) is 26.0 Å². The van der Waals surface area contributed by atoms with Gasteiger partial charge in [-0.25, -0.2) is 0 Å². The highest BCUT2D eigenvalue weighted by Gasteiger charge is 2.18. The number of hydrogen-bond donors (Lipinski definition) is 1. The first-order valence-electron chi connectivity index (χ1n) is 7.08. The van der Waals surface area contributed by atoms with Crippen molar-refractivity contribution in [1.82, 2.24) is 0 Å². The van der Waals surface area contributed by atoms with E-state index in [9.17, 15) is 0 Å². The molecular formula is C17H29N. The Balaban J connectivity index is 2.91. The molecule has 0 heterocycles. The van der Waals surface area contributed by atoms with E-state index in [0.717, 1.165) is 6.42 Å². The monoisotopic (exact) mass is 247 g/mol. The minimum Gasteiger partial charge on any atom is -0.328 e. The SMILES string of the molecule is Cc1ccc(C(C)CCC(C)N)cc1C(C)(C)C. The molecule has 2 unspecified atom stereocenters. The second kappa shape index (κ2) is 5.88. The number of hydrogen-bond acceptors (Lipinski definition) is 1. The number of benzene rings is 1. The first-order valence-corrected chi connectivity index (χ1v) is 7.08. The van der Waals surface area contributed by atoms with Crippen molar-refractivity contribution < 1.29 is 0 Å². The summed E-state index contributed by atoms with van der Waals surface area (Å²) in [7, 11) is 0. The zero-order chi connectivity index (χ0) is 13.9. The summed E-state index contributed by atoms with van der Waals surface area (Å²) < 4.78 is 0. The Kier molecular flexibility index (Phi) is 4.98. The minimum atomic E-state index is 0.223. The fraction of sp³-hybridized carbons (Fsp3) is 0.647. The maximum Gasteiger partial charge on any atom is 0.00106 e. The molecule has 0 aliphatic rings. The molecule has 2 N–H and O–H groups in total. The average molecular weight is 247 g/mol. The third kappa shape index (κ3) is 4.13. The fourth-order valence-corrected chi connectivity index (χ4v) is 2.43. The molecule has 1 heteroatoms. The normalized spacial score (nSPS) is 15.5. The van der Waals surface area contributed by atoms with Crippen LogP contribution in [0, 0.1) is 6.92 Å². The molecule has 0 aliphatic carbocycles. The van der Waals surface area contributed by atoms with E-state index in [4.69, 9.17) is 5.73 Å². The van der Waals surface area contributed by atoms with Crippen LogP contribution in [0.25, 0.3) is 0 Å². The number of nitrogens with two attached hydrogens (primary N) is 1. The van der Waals surface area contributed by atoms with Gasteiger partial charge in [0.15, 0.2) is 0 Å². The molecule has 0 aliphatic heterocycles. The fourth-order valence-electron chi connectivity index (χ4n) is 2.43. The first kappa shape index (κ1) is 15.2. The van der Waals surface area contributed by atoms with E-state index >= 15 is 0 Å². The van der Waals surface area contributed by atoms with Crippen LogP contribution in [-0.2, 0) is 5.41 Å². The van der Waals surface area contributed by atoms with Gasteiger partial charge in [0.25, 0.3) is 0 Å². The summed E-state index contributed by atoms with van der Waals surface area (Å²) in [5.74, 6) is 0.595. The summed E-state index contributed by atoms with van der Waals surface area (Å²) in [4.78, 5) is 0. The van der Waals surface area contributed by atoms with Crippen molar-refractivity contribution in [3.8, 4) is 0 Å². The molecule has 1 nitrogen and oxygen atoms in total. The van der Waals surface area contributed by atoms with Crippen molar-refractivity contribution in [3.05, 3.63) is 34.9 Å². The first-order chi connectivity index (χ1) is 8.21. The molecule has 0 radical (unpaired) electrons. The Bertz CT molecular complexity index is 385. The minimum absolute atomic E-state index is 0.223. The molecule has 0 bridgehead atoms. The van der Waals surface area contributed by atoms with Crippen LogP contribution in [0.1, 0.15) is 70.1 Å². The van der Waals surface area contributed by atoms with Gasteiger partial charge in [0, 0.05) is 6.04 Å². The molecule has 1 aromatic rings. The van der Waals surface area contributed by atoms with Gasteiger partial charge in [0.2, 0.25) is 0 Å². The lowest BCUT2D eigenvalue weighted by molar-refractivity contribution is 0.561. The van der Waals surface area contributed by atoms with Crippen LogP contribution in [0.5, 0.6) is 0 Å². The van der Waals surface area contributed by atoms with Crippen LogP contribution in [0.3, 0.4) is 0 Å². The Morgan fingerprint density at radius 3 is 2.22 bits per heavy atom. The zero-order valence-electron chi connectivity index (χ0n) is 12.9. The van der Waals surface area contributed by atoms with Gasteiger partial charge in [-0.05, 0) is 54.7 Å². The molecule has 102 valence electrons. The van der Waals surface area contributed by atoms with Crippen molar-refractivity contribution in [3.63, 3.8) is 0 Å². The summed E-state index contributed by atoms with van der Waals surface area (Å²) in [5.41, 5.74) is 10.4. The van der Waals surface area contributed by atoms with E-state index < -0.39 is 0 Å². The second-order valence-corrected chi connectivity index (χ2v) is 6.78. The predicted octanol–water partition coefficient (Wildman–Crippen LogP) is 4.52. The maximum absolute atomic E-state index is 5.84. The van der Waals surface area contributed by atoms with E-state index in [1.807, 2.05) is 0 Å². The highest BCUT2D eigenvalue weighted by molar-refractivity contribution is 5.37. The van der Waals surface area contributed by atoms with Crippen LogP contribution in [-0.4, -0.2) is 6.04 Å². The van der Waals surface area contributed by atoms with Gasteiger partial charge in [-0.3, -0.25) is 0 Å². The Morgan fingerprint density at radius 2 is 1.72 bits per heavy atom. The quantitative estimate of drug-likeness (QED) is 0.831. The number of aryl methyl sites for hydroxylation is 1. The summed E-state index contributed by atoms with van der Waals surface area (Å²) in [5, 5.41) is 0. The standard InChI is InChI=1S/C17H29N/c1-12(7-9-14(3)18)15-10-8-13(2)16(11-15)17(4,5)6/h8,10-12,14H,7,9,18H2,1-6H3. The van der Waals surface area contributed by atoms with Crippen LogP contribution in [0.4, 0.5) is 0 Å². The average Bonchev–Trinajstić information content (AvgIpc) is 2.24. The van der Waals surface area contributed by atoms with E-state index in [1.165, 1.54) is 23.1 Å². The van der Waals surface area contributed by atoms with Gasteiger partial charge in [-0.15, -0.1) is 0 Å². The predicted molar refractivity (Wildman–Crippen MR) is 81.2 cm³/mol. The van der Waals surface area contributed by atoms with E-state index in [2.05, 4.69) is 59.7 Å². The van der Waals surface area contributed by atoms with Crippen LogP contribution >= 0.6 is 0 Å². The van der Waals surface area contributed by atoms with Crippen LogP contribution < -0.4 is 5.73 Å². The lowest BCUT2D eigenvalue weighted by Gasteiger charge is -2.24. The highest BCUT2D eigenvalue weighted by Crippen LogP contribution is 2.30. The summed E-state index contributed by atoms with van der Waals surface area (Å²) in [6.45, 7) is 13.4. The molecule has 0 saturated carbocycles. The molecule has 1 aromatic carbocycles. The van der Waals surface area contributed by atoms with Crippen molar-refractivity contribution >= 4 is 0 Å². The van der Waals surface area contributed by atoms with Gasteiger partial charge < -0.3 is 5.73 Å². The zero-order valence-corrected chi connectivity index (χ0v) is 12.9. The molecule has 0 fully saturated rings. The van der Waals surface area contributed by atoms with Gasteiger partial charge in [-0.1, -0.05) is 45.9 Å². The Morgan fingerprint density at radius 1 is 1.11 bits per heavy atom. The molecule has 0 amide bonds. The third-order valence-electron chi connectivity index (χ3n) is 3.69. The smallest absolute Gasteiger partial charge is 0.00106 e. The number of rotatable bonds is 4. The summed E-state index contributed by atoms with van der Waals surface area (Å²) >= 11 is 0. The van der Waals surface area contributed by atoms with Gasteiger partial charge in [0.1, 0.15) is 0 Å². The van der Waals surface area contributed by atoms with Gasteiger partial charge in [-0.2, -0.15) is 0 Å². The second-order valence-electron chi connectivity index (χ2n) is 6.78. The third-order valence-corrected chi connectivity index (χ3v) is 3.69. The van der Waals surface area contributed by atoms with E-state index in [0.29, 0.717) is 12.0 Å². The van der Waals surface area contributed by atoms with Crippen LogP contribution in [0.2, 0.25) is 0 Å². The van der Waals surface area contributed by atoms with Crippen molar-refractivity contribution in [1.29, 1.82) is 0 Å². The van der Waals surface area contributed by atoms with E-state index in [-0.39, 0.29) is 5.41 Å². The highest BCUT2D eigenvalue weighted by atomic mass is 14.6. The molecule has 18 heavy (non-hydrogen) atoms. The lowest BCUT2D eigenvalue weighted by atomic mass is 9.81. The summed E-state index contributed by atoms with van der Waals surface area (Å²) in [6, 6.07) is 7.23. The molecule has 0 aromatic heterocycles. The molecule has 0 saturated heterocycles. The lowest BCUT2D eigenvalue weighted by Crippen LogP contribution is -2.16. The molecular weight excluding hydrogens is 218 g/mol. The maximum atomic E-state index is 5.84. The van der Waals surface area contributed by atoms with Crippen molar-refractivity contribution in [2.75, 3.05) is 0 Å². The molecule has 2 atom stereocenters. The molecule has 1 rings (SSSR count). The summed E-state index contributed by atoms with van der Waals surface area (Å²) in [6.07, 6.45) is 2.27. The molecule has 0 spiro atoms. The van der Waals surface area contributed by atoms with Gasteiger partial charge in [0.05, 0.1) is 0 Å².